The summed E-state index contributed by atoms with van der Waals surface area (Å²) >= 11 is 8.14. The Morgan fingerprint density at radius 1 is 1.29 bits per heavy atom. The summed E-state index contributed by atoms with van der Waals surface area (Å²) in [5.41, 5.74) is 0.435. The number of hydrogen-bond donors (Lipinski definition) is 0. The third-order valence-corrected chi connectivity index (χ3v) is 5.14. The lowest BCUT2D eigenvalue weighted by Gasteiger charge is -2.34. The van der Waals surface area contributed by atoms with Crippen LogP contribution < -0.4 is 0 Å². The number of amides is 1. The van der Waals surface area contributed by atoms with Gasteiger partial charge in [0.05, 0.1) is 0 Å². The van der Waals surface area contributed by atoms with Crippen molar-refractivity contribution in [2.45, 2.75) is 24.3 Å². The molecule has 1 aromatic heterocycles. The van der Waals surface area contributed by atoms with Gasteiger partial charge in [0.1, 0.15) is 10.8 Å². The number of aromatic nitrogens is 1. The monoisotopic (exact) mass is 320 g/mol. The quantitative estimate of drug-likeness (QED) is 0.748. The van der Waals surface area contributed by atoms with Crippen LogP contribution in [0.4, 0.5) is 0 Å². The van der Waals surface area contributed by atoms with Crippen LogP contribution in [0.1, 0.15) is 24.3 Å². The molecular formula is C16H17ClN2OS. The molecule has 2 atom stereocenters. The van der Waals surface area contributed by atoms with Crippen molar-refractivity contribution in [3.05, 3.63) is 41.2 Å². The van der Waals surface area contributed by atoms with E-state index in [2.05, 4.69) is 18.8 Å². The van der Waals surface area contributed by atoms with Gasteiger partial charge in [-0.25, -0.2) is 4.98 Å². The van der Waals surface area contributed by atoms with Crippen molar-refractivity contribution in [2.75, 3.05) is 13.1 Å². The van der Waals surface area contributed by atoms with Crippen molar-refractivity contribution in [3.8, 4) is 0 Å². The van der Waals surface area contributed by atoms with Crippen LogP contribution in [0, 0.1) is 0 Å². The van der Waals surface area contributed by atoms with Gasteiger partial charge >= 0.3 is 0 Å². The van der Waals surface area contributed by atoms with Crippen LogP contribution in [0.25, 0.3) is 10.8 Å². The largest absolute Gasteiger partial charge is 0.335 e. The zero-order valence-corrected chi connectivity index (χ0v) is 13.6. The van der Waals surface area contributed by atoms with Gasteiger partial charge in [0.2, 0.25) is 0 Å². The second-order valence-corrected chi connectivity index (χ2v) is 7.73. The first-order chi connectivity index (χ1) is 10.0. The highest BCUT2D eigenvalue weighted by molar-refractivity contribution is 8.00. The maximum absolute atomic E-state index is 12.7. The summed E-state index contributed by atoms with van der Waals surface area (Å²) in [4.78, 5) is 18.9. The van der Waals surface area contributed by atoms with E-state index in [9.17, 15) is 4.79 Å². The van der Waals surface area contributed by atoms with Crippen LogP contribution in [-0.4, -0.2) is 39.4 Å². The molecule has 0 aliphatic carbocycles. The lowest BCUT2D eigenvalue weighted by Crippen LogP contribution is -2.44. The number of halogens is 1. The smallest absolute Gasteiger partial charge is 0.272 e. The van der Waals surface area contributed by atoms with E-state index in [1.54, 1.807) is 0 Å². The normalized spacial score (nSPS) is 22.5. The zero-order chi connectivity index (χ0) is 15.0. The minimum Gasteiger partial charge on any atom is -0.335 e. The highest BCUT2D eigenvalue weighted by Gasteiger charge is 2.27. The maximum Gasteiger partial charge on any atom is 0.272 e. The Kier molecular flexibility index (Phi) is 4.09. The predicted octanol–water partition coefficient (Wildman–Crippen LogP) is 3.85. The van der Waals surface area contributed by atoms with E-state index < -0.39 is 0 Å². The fraction of sp³-hybridized carbons (Fsp3) is 0.375. The Hall–Kier alpha value is -1.26. The second kappa shape index (κ2) is 5.85. The third kappa shape index (κ3) is 3.01. The highest BCUT2D eigenvalue weighted by Crippen LogP contribution is 2.27. The number of hydrogen-bond acceptors (Lipinski definition) is 3. The van der Waals surface area contributed by atoms with Crippen LogP contribution in [0.3, 0.4) is 0 Å². The number of carbonyl (C=O) groups is 1. The SMILES string of the molecule is CC1CN(C(=O)c2cc3ccccc3c(Cl)n2)CC(C)S1. The average Bonchev–Trinajstić information content (AvgIpc) is 2.45. The molecule has 3 nitrogen and oxygen atoms in total. The number of pyridine rings is 1. The Balaban J connectivity index is 1.94. The Labute approximate surface area is 133 Å². The summed E-state index contributed by atoms with van der Waals surface area (Å²) in [5, 5.41) is 3.13. The van der Waals surface area contributed by atoms with Gasteiger partial charge in [0, 0.05) is 29.0 Å². The molecule has 5 heteroatoms. The van der Waals surface area contributed by atoms with Gasteiger partial charge in [0.25, 0.3) is 5.91 Å². The first-order valence-electron chi connectivity index (χ1n) is 7.04. The Morgan fingerprint density at radius 2 is 1.95 bits per heavy atom. The van der Waals surface area contributed by atoms with Crippen LogP contribution in [0.5, 0.6) is 0 Å². The van der Waals surface area contributed by atoms with E-state index in [0.717, 1.165) is 23.9 Å². The average molecular weight is 321 g/mol. The van der Waals surface area contributed by atoms with Crippen molar-refractivity contribution in [2.24, 2.45) is 0 Å². The minimum atomic E-state index is -0.0262. The third-order valence-electron chi connectivity index (χ3n) is 3.62. The molecule has 3 rings (SSSR count). The van der Waals surface area contributed by atoms with Gasteiger partial charge < -0.3 is 4.90 Å². The molecule has 0 N–H and O–H groups in total. The Bertz CT molecular complexity index is 681. The summed E-state index contributed by atoms with van der Waals surface area (Å²) in [6, 6.07) is 9.56. The van der Waals surface area contributed by atoms with Crippen LogP contribution in [-0.2, 0) is 0 Å². The summed E-state index contributed by atoms with van der Waals surface area (Å²) in [6.45, 7) is 5.84. The zero-order valence-electron chi connectivity index (χ0n) is 12.0. The van der Waals surface area contributed by atoms with E-state index in [0.29, 0.717) is 21.3 Å². The molecule has 1 fully saturated rings. The van der Waals surface area contributed by atoms with Crippen LogP contribution >= 0.6 is 23.4 Å². The lowest BCUT2D eigenvalue weighted by atomic mass is 10.1. The fourth-order valence-electron chi connectivity index (χ4n) is 2.77. The summed E-state index contributed by atoms with van der Waals surface area (Å²) in [6.07, 6.45) is 0. The standard InChI is InChI=1S/C16H17ClN2OS/c1-10-8-19(9-11(2)21-10)16(20)14-7-12-5-3-4-6-13(12)15(17)18-14/h3-7,10-11H,8-9H2,1-2H3. The molecule has 0 bridgehead atoms. The molecule has 2 heterocycles. The van der Waals surface area contributed by atoms with Gasteiger partial charge in [-0.05, 0) is 11.5 Å². The summed E-state index contributed by atoms with van der Waals surface area (Å²) in [5.74, 6) is -0.0262. The molecule has 21 heavy (non-hydrogen) atoms. The van der Waals surface area contributed by atoms with Gasteiger partial charge in [0.15, 0.2) is 0 Å². The van der Waals surface area contributed by atoms with Gasteiger partial charge in [-0.2, -0.15) is 11.8 Å². The molecule has 1 aromatic carbocycles. The van der Waals surface area contributed by atoms with E-state index in [1.807, 2.05) is 47.0 Å². The number of benzene rings is 1. The molecular weight excluding hydrogens is 304 g/mol. The van der Waals surface area contributed by atoms with Crippen molar-refractivity contribution in [1.82, 2.24) is 9.88 Å². The number of fused-ring (bicyclic) bond motifs is 1. The van der Waals surface area contributed by atoms with Crippen LogP contribution in [0.15, 0.2) is 30.3 Å². The first kappa shape index (κ1) is 14.7. The Morgan fingerprint density at radius 3 is 2.67 bits per heavy atom. The van der Waals surface area contributed by atoms with Crippen molar-refractivity contribution in [1.29, 1.82) is 0 Å². The number of nitrogens with zero attached hydrogens (tertiary/aromatic N) is 2. The molecule has 1 amide bonds. The summed E-state index contributed by atoms with van der Waals surface area (Å²) in [7, 11) is 0. The molecule has 2 aromatic rings. The van der Waals surface area contributed by atoms with E-state index >= 15 is 0 Å². The molecule has 0 saturated carbocycles. The maximum atomic E-state index is 12.7. The summed E-state index contributed by atoms with van der Waals surface area (Å²) < 4.78 is 0. The van der Waals surface area contributed by atoms with Gasteiger partial charge in [-0.3, -0.25) is 4.79 Å². The van der Waals surface area contributed by atoms with Crippen molar-refractivity contribution < 1.29 is 4.79 Å². The van der Waals surface area contributed by atoms with E-state index in [4.69, 9.17) is 11.6 Å². The first-order valence-corrected chi connectivity index (χ1v) is 8.36. The molecule has 2 unspecified atom stereocenters. The number of thioether (sulfide) groups is 1. The van der Waals surface area contributed by atoms with Crippen molar-refractivity contribution >= 4 is 40.0 Å². The van der Waals surface area contributed by atoms with E-state index in [1.165, 1.54) is 0 Å². The van der Waals surface area contributed by atoms with Gasteiger partial charge in [-0.1, -0.05) is 49.7 Å². The fourth-order valence-corrected chi connectivity index (χ4v) is 4.36. The molecule has 1 aliphatic rings. The minimum absolute atomic E-state index is 0.0262. The highest BCUT2D eigenvalue weighted by atomic mass is 35.5. The van der Waals surface area contributed by atoms with Gasteiger partial charge in [-0.15, -0.1) is 0 Å². The van der Waals surface area contributed by atoms with E-state index in [-0.39, 0.29) is 5.91 Å². The lowest BCUT2D eigenvalue weighted by molar-refractivity contribution is 0.0747. The number of carbonyl (C=O) groups excluding carboxylic acids is 1. The molecule has 1 aliphatic heterocycles. The van der Waals surface area contributed by atoms with Crippen molar-refractivity contribution in [3.63, 3.8) is 0 Å². The molecule has 110 valence electrons. The topological polar surface area (TPSA) is 33.2 Å². The molecule has 0 spiro atoms. The molecule has 0 radical (unpaired) electrons. The molecule has 1 saturated heterocycles. The predicted molar refractivity (Wildman–Crippen MR) is 89.2 cm³/mol. The number of rotatable bonds is 1. The van der Waals surface area contributed by atoms with Crippen LogP contribution in [0.2, 0.25) is 5.15 Å². The second-order valence-electron chi connectivity index (χ2n) is 5.49.